The van der Waals surface area contributed by atoms with Gasteiger partial charge in [0.05, 0.1) is 11.5 Å². The summed E-state index contributed by atoms with van der Waals surface area (Å²) in [7, 11) is -3.50. The fourth-order valence-electron chi connectivity index (χ4n) is 4.04. The normalized spacial score (nSPS) is 21.8. The first kappa shape index (κ1) is 21.3. The molecule has 1 amide bonds. The molecule has 1 unspecified atom stereocenters. The van der Waals surface area contributed by atoms with Crippen molar-refractivity contribution in [2.24, 2.45) is 11.8 Å². The Balaban J connectivity index is 1.61. The Morgan fingerprint density at radius 3 is 2.46 bits per heavy atom. The molecular weight excluding hydrogens is 376 g/mol. The number of piperidine rings is 1. The second kappa shape index (κ2) is 8.93. The first-order valence-electron chi connectivity index (χ1n) is 10.3. The first-order chi connectivity index (χ1) is 13.3. The average Bonchev–Trinajstić information content (AvgIpc) is 3.21. The van der Waals surface area contributed by atoms with E-state index in [1.54, 1.807) is 12.1 Å². The van der Waals surface area contributed by atoms with Gasteiger partial charge in [-0.25, -0.2) is 8.42 Å². The molecule has 1 atom stereocenters. The molecule has 0 spiro atoms. The van der Waals surface area contributed by atoms with Crippen LogP contribution in [-0.4, -0.2) is 62.9 Å². The third-order valence-corrected chi connectivity index (χ3v) is 8.01. The van der Waals surface area contributed by atoms with E-state index in [-0.39, 0.29) is 11.8 Å². The summed E-state index contributed by atoms with van der Waals surface area (Å²) in [6, 6.07) is 5.27. The Morgan fingerprint density at radius 2 is 1.89 bits per heavy atom. The predicted molar refractivity (Wildman–Crippen MR) is 109 cm³/mol. The third-order valence-electron chi connectivity index (χ3n) is 6.12. The summed E-state index contributed by atoms with van der Waals surface area (Å²) >= 11 is 0. The minimum Gasteiger partial charge on any atom is -0.381 e. The molecule has 6 nitrogen and oxygen atoms in total. The highest BCUT2D eigenvalue weighted by atomic mass is 32.2. The van der Waals surface area contributed by atoms with E-state index >= 15 is 0 Å². The lowest BCUT2D eigenvalue weighted by atomic mass is 9.96. The van der Waals surface area contributed by atoms with E-state index in [4.69, 9.17) is 4.74 Å². The standard InChI is InChI=1S/C21H32N2O4S/c1-4-22(14-18-9-12-27-15-18)21(24)19-7-10-23(11-8-19)28(25,26)20-6-5-16(2)17(3)13-20/h5-6,13,18-19H,4,7-12,14-15H2,1-3H3. The lowest BCUT2D eigenvalue weighted by Crippen LogP contribution is -2.45. The number of amides is 1. The van der Waals surface area contributed by atoms with Gasteiger partial charge in [0.1, 0.15) is 0 Å². The molecule has 0 aromatic heterocycles. The number of benzene rings is 1. The molecule has 0 N–H and O–H groups in total. The van der Waals surface area contributed by atoms with Crippen molar-refractivity contribution in [1.82, 2.24) is 9.21 Å². The number of nitrogens with zero attached hydrogens (tertiary/aromatic N) is 2. The number of hydrogen-bond acceptors (Lipinski definition) is 4. The topological polar surface area (TPSA) is 66.9 Å². The summed E-state index contributed by atoms with van der Waals surface area (Å²) in [5, 5.41) is 0. The molecule has 0 bridgehead atoms. The van der Waals surface area contributed by atoms with Crippen molar-refractivity contribution in [2.75, 3.05) is 39.4 Å². The number of carbonyl (C=O) groups excluding carboxylic acids is 1. The van der Waals surface area contributed by atoms with Crippen molar-refractivity contribution in [3.63, 3.8) is 0 Å². The van der Waals surface area contributed by atoms with Gasteiger partial charge in [-0.3, -0.25) is 4.79 Å². The molecule has 0 aliphatic carbocycles. The minimum absolute atomic E-state index is 0.0894. The van der Waals surface area contributed by atoms with Crippen molar-refractivity contribution < 1.29 is 17.9 Å². The van der Waals surface area contributed by atoms with Crippen LogP contribution in [0.1, 0.15) is 37.3 Å². The van der Waals surface area contributed by atoms with Gasteiger partial charge in [0.2, 0.25) is 15.9 Å². The fraction of sp³-hybridized carbons (Fsp3) is 0.667. The van der Waals surface area contributed by atoms with Crippen LogP contribution in [0.3, 0.4) is 0 Å². The molecular formula is C21H32N2O4S. The van der Waals surface area contributed by atoms with Crippen molar-refractivity contribution >= 4 is 15.9 Å². The summed E-state index contributed by atoms with van der Waals surface area (Å²) < 4.78 is 32.9. The number of aryl methyl sites for hydroxylation is 2. The second-order valence-electron chi connectivity index (χ2n) is 8.03. The van der Waals surface area contributed by atoms with Crippen molar-refractivity contribution in [2.45, 2.75) is 44.9 Å². The zero-order valence-electron chi connectivity index (χ0n) is 17.2. The first-order valence-corrected chi connectivity index (χ1v) is 11.7. The van der Waals surface area contributed by atoms with Crippen LogP contribution in [0.2, 0.25) is 0 Å². The van der Waals surface area contributed by atoms with Gasteiger partial charge in [0.15, 0.2) is 0 Å². The summed E-state index contributed by atoms with van der Waals surface area (Å²) in [5.41, 5.74) is 2.05. The Bertz CT molecular complexity index is 795. The van der Waals surface area contributed by atoms with E-state index in [0.29, 0.717) is 43.3 Å². The molecule has 3 rings (SSSR count). The van der Waals surface area contributed by atoms with Crippen LogP contribution in [0, 0.1) is 25.7 Å². The zero-order chi connectivity index (χ0) is 20.3. The highest BCUT2D eigenvalue weighted by molar-refractivity contribution is 7.89. The van der Waals surface area contributed by atoms with Gasteiger partial charge < -0.3 is 9.64 Å². The van der Waals surface area contributed by atoms with Gasteiger partial charge in [-0.1, -0.05) is 6.07 Å². The third kappa shape index (κ3) is 4.58. The molecule has 2 heterocycles. The Kier molecular flexibility index (Phi) is 6.78. The Morgan fingerprint density at radius 1 is 1.18 bits per heavy atom. The number of sulfonamides is 1. The van der Waals surface area contributed by atoms with Gasteiger partial charge in [-0.05, 0) is 63.3 Å². The van der Waals surface area contributed by atoms with Crippen molar-refractivity contribution in [3.05, 3.63) is 29.3 Å². The molecule has 1 aromatic rings. The summed E-state index contributed by atoms with van der Waals surface area (Å²) in [4.78, 5) is 15.2. The Labute approximate surface area is 168 Å². The number of rotatable bonds is 6. The molecule has 156 valence electrons. The van der Waals surface area contributed by atoms with Crippen LogP contribution < -0.4 is 0 Å². The average molecular weight is 409 g/mol. The van der Waals surface area contributed by atoms with Crippen LogP contribution in [0.4, 0.5) is 0 Å². The smallest absolute Gasteiger partial charge is 0.243 e. The summed E-state index contributed by atoms with van der Waals surface area (Å²) in [6.45, 7) is 9.65. The van der Waals surface area contributed by atoms with E-state index in [1.165, 1.54) is 4.31 Å². The number of hydrogen-bond donors (Lipinski definition) is 0. The van der Waals surface area contributed by atoms with Crippen molar-refractivity contribution in [3.8, 4) is 0 Å². The maximum Gasteiger partial charge on any atom is 0.243 e. The molecule has 2 aliphatic rings. The maximum absolute atomic E-state index is 13.0. The van der Waals surface area contributed by atoms with E-state index in [9.17, 15) is 13.2 Å². The quantitative estimate of drug-likeness (QED) is 0.726. The molecule has 0 radical (unpaired) electrons. The lowest BCUT2D eigenvalue weighted by molar-refractivity contribution is -0.137. The van der Waals surface area contributed by atoms with Crippen molar-refractivity contribution in [1.29, 1.82) is 0 Å². The molecule has 0 saturated carbocycles. The largest absolute Gasteiger partial charge is 0.381 e. The van der Waals surface area contributed by atoms with Crippen LogP contribution in [-0.2, 0) is 19.6 Å². The molecule has 2 aliphatic heterocycles. The van der Waals surface area contributed by atoms with Crippen LogP contribution in [0.5, 0.6) is 0 Å². The van der Waals surface area contributed by atoms with Crippen LogP contribution in [0.15, 0.2) is 23.1 Å². The number of ether oxygens (including phenoxy) is 1. The molecule has 1 aromatic carbocycles. The van der Waals surface area contributed by atoms with Gasteiger partial charge >= 0.3 is 0 Å². The zero-order valence-corrected chi connectivity index (χ0v) is 18.0. The minimum atomic E-state index is -3.50. The molecule has 7 heteroatoms. The van der Waals surface area contributed by atoms with E-state index < -0.39 is 10.0 Å². The SMILES string of the molecule is CCN(CC1CCOC1)C(=O)C1CCN(S(=O)(=O)c2ccc(C)c(C)c2)CC1. The molecule has 2 fully saturated rings. The number of carbonyl (C=O) groups is 1. The highest BCUT2D eigenvalue weighted by Crippen LogP contribution is 2.27. The Hall–Kier alpha value is -1.44. The second-order valence-corrected chi connectivity index (χ2v) is 9.97. The lowest BCUT2D eigenvalue weighted by Gasteiger charge is -2.34. The van der Waals surface area contributed by atoms with Gasteiger partial charge in [0.25, 0.3) is 0 Å². The van der Waals surface area contributed by atoms with E-state index in [2.05, 4.69) is 0 Å². The van der Waals surface area contributed by atoms with Crippen LogP contribution >= 0.6 is 0 Å². The van der Waals surface area contributed by atoms with Gasteiger partial charge in [-0.2, -0.15) is 4.31 Å². The fourth-order valence-corrected chi connectivity index (χ4v) is 5.59. The van der Waals surface area contributed by atoms with E-state index in [1.807, 2.05) is 31.7 Å². The predicted octanol–water partition coefficient (Wildman–Crippen LogP) is 2.59. The highest BCUT2D eigenvalue weighted by Gasteiger charge is 2.34. The maximum atomic E-state index is 13.0. The summed E-state index contributed by atoms with van der Waals surface area (Å²) in [5.74, 6) is 0.500. The van der Waals surface area contributed by atoms with Gasteiger partial charge in [0, 0.05) is 44.6 Å². The molecule has 28 heavy (non-hydrogen) atoms. The van der Waals surface area contributed by atoms with Gasteiger partial charge in [-0.15, -0.1) is 0 Å². The molecule has 2 saturated heterocycles. The summed E-state index contributed by atoms with van der Waals surface area (Å²) in [6.07, 6.45) is 2.18. The monoisotopic (exact) mass is 408 g/mol. The van der Waals surface area contributed by atoms with Crippen LogP contribution in [0.25, 0.3) is 0 Å². The van der Waals surface area contributed by atoms with E-state index in [0.717, 1.165) is 37.3 Å².